The summed E-state index contributed by atoms with van der Waals surface area (Å²) in [7, 11) is 0. The van der Waals surface area contributed by atoms with Crippen molar-refractivity contribution in [1.29, 1.82) is 0 Å². The zero-order valence-electron chi connectivity index (χ0n) is 9.82. The van der Waals surface area contributed by atoms with Crippen molar-refractivity contribution in [1.82, 2.24) is 9.55 Å². The molecule has 1 heterocycles. The first-order valence-corrected chi connectivity index (χ1v) is 6.94. The van der Waals surface area contributed by atoms with Crippen LogP contribution in [-0.2, 0) is 13.0 Å². The average molecular weight is 295 g/mol. The summed E-state index contributed by atoms with van der Waals surface area (Å²) in [6.45, 7) is 2.80. The summed E-state index contributed by atoms with van der Waals surface area (Å²) in [5, 5.41) is 1.53. The zero-order chi connectivity index (χ0) is 12.3. The molecule has 2 aromatic rings. The van der Waals surface area contributed by atoms with Crippen molar-refractivity contribution in [3.63, 3.8) is 0 Å². The third-order valence-electron chi connectivity index (χ3n) is 2.71. The van der Waals surface area contributed by atoms with Crippen LogP contribution < -0.4 is 5.56 Å². The third kappa shape index (κ3) is 2.41. The van der Waals surface area contributed by atoms with Crippen LogP contribution in [-0.4, -0.2) is 14.9 Å². The Labute approximate surface area is 109 Å². The number of aryl methyl sites for hydroxylation is 1. The summed E-state index contributed by atoms with van der Waals surface area (Å²) in [4.78, 5) is 16.9. The Morgan fingerprint density at radius 2 is 2.12 bits per heavy atom. The minimum atomic E-state index is 0.0772. The van der Waals surface area contributed by atoms with Gasteiger partial charge in [0, 0.05) is 18.3 Å². The molecule has 3 nitrogen and oxygen atoms in total. The first kappa shape index (κ1) is 12.3. The van der Waals surface area contributed by atoms with E-state index in [1.165, 1.54) is 0 Å². The minimum Gasteiger partial charge on any atom is -0.296 e. The maximum atomic E-state index is 12.3. The van der Waals surface area contributed by atoms with Crippen LogP contribution in [0.1, 0.15) is 19.2 Å². The summed E-state index contributed by atoms with van der Waals surface area (Å²) in [5.74, 6) is 0.868. The second-order valence-electron chi connectivity index (χ2n) is 3.94. The van der Waals surface area contributed by atoms with Gasteiger partial charge in [0.15, 0.2) is 0 Å². The van der Waals surface area contributed by atoms with Gasteiger partial charge in [-0.25, -0.2) is 4.98 Å². The van der Waals surface area contributed by atoms with E-state index >= 15 is 0 Å². The highest BCUT2D eigenvalue weighted by Gasteiger charge is 2.09. The molecule has 0 atom stereocenters. The van der Waals surface area contributed by atoms with Crippen molar-refractivity contribution in [3.8, 4) is 0 Å². The van der Waals surface area contributed by atoms with Gasteiger partial charge in [0.25, 0.3) is 5.56 Å². The number of alkyl halides is 1. The minimum absolute atomic E-state index is 0.0772. The molecule has 0 saturated heterocycles. The number of nitrogens with zero attached hydrogens (tertiary/aromatic N) is 2. The van der Waals surface area contributed by atoms with E-state index < -0.39 is 0 Å². The Bertz CT molecular complexity index is 577. The predicted octanol–water partition coefficient (Wildman–Crippen LogP) is 2.74. The van der Waals surface area contributed by atoms with E-state index in [9.17, 15) is 4.79 Å². The van der Waals surface area contributed by atoms with Crippen LogP contribution in [0.2, 0.25) is 0 Å². The van der Waals surface area contributed by atoms with Gasteiger partial charge in [-0.1, -0.05) is 35.0 Å². The van der Waals surface area contributed by atoms with Crippen molar-refractivity contribution in [2.45, 2.75) is 26.3 Å². The quantitative estimate of drug-likeness (QED) is 0.813. The van der Waals surface area contributed by atoms with Crippen LogP contribution in [0.15, 0.2) is 29.1 Å². The van der Waals surface area contributed by atoms with Crippen LogP contribution in [0.4, 0.5) is 0 Å². The molecule has 1 aromatic heterocycles. The van der Waals surface area contributed by atoms with Crippen molar-refractivity contribution >= 4 is 26.8 Å². The molecular formula is C13H15BrN2O. The summed E-state index contributed by atoms with van der Waals surface area (Å²) in [6, 6.07) is 7.53. The van der Waals surface area contributed by atoms with Gasteiger partial charge in [-0.3, -0.25) is 9.36 Å². The molecular weight excluding hydrogens is 280 g/mol. The van der Waals surface area contributed by atoms with Gasteiger partial charge in [-0.2, -0.15) is 0 Å². The second kappa shape index (κ2) is 5.45. The second-order valence-corrected chi connectivity index (χ2v) is 4.73. The number of fused-ring (bicyclic) bond motifs is 1. The van der Waals surface area contributed by atoms with E-state index in [1.54, 1.807) is 4.57 Å². The lowest BCUT2D eigenvalue weighted by atomic mass is 10.2. The van der Waals surface area contributed by atoms with Crippen LogP contribution in [0.25, 0.3) is 10.9 Å². The standard InChI is InChI=1S/C13H15BrN2O/c1-2-9-16-12(7-8-14)15-11-6-4-3-5-10(11)13(16)17/h3-6H,2,7-9H2,1H3. The molecule has 2 rings (SSSR count). The van der Waals surface area contributed by atoms with E-state index in [-0.39, 0.29) is 5.56 Å². The van der Waals surface area contributed by atoms with Crippen molar-refractivity contribution < 1.29 is 0 Å². The first-order chi connectivity index (χ1) is 8.27. The monoisotopic (exact) mass is 294 g/mol. The Kier molecular flexibility index (Phi) is 3.94. The third-order valence-corrected chi connectivity index (χ3v) is 3.10. The van der Waals surface area contributed by atoms with Crippen LogP contribution in [0, 0.1) is 0 Å². The first-order valence-electron chi connectivity index (χ1n) is 5.82. The molecule has 0 spiro atoms. The fourth-order valence-corrected chi connectivity index (χ4v) is 2.30. The van der Waals surface area contributed by atoms with Crippen molar-refractivity contribution in [2.75, 3.05) is 5.33 Å². The molecule has 1 aromatic carbocycles. The number of rotatable bonds is 4. The Balaban J connectivity index is 2.69. The average Bonchev–Trinajstić information content (AvgIpc) is 2.34. The summed E-state index contributed by atoms with van der Waals surface area (Å²) in [5.41, 5.74) is 0.870. The fraction of sp³-hybridized carbons (Fsp3) is 0.385. The number of halogens is 1. The number of hydrogen-bond donors (Lipinski definition) is 0. The summed E-state index contributed by atoms with van der Waals surface area (Å²) < 4.78 is 1.80. The normalized spacial score (nSPS) is 10.9. The van der Waals surface area contributed by atoms with Crippen molar-refractivity contribution in [3.05, 3.63) is 40.4 Å². The summed E-state index contributed by atoms with van der Waals surface area (Å²) >= 11 is 3.40. The Hall–Kier alpha value is -1.16. The number of hydrogen-bond acceptors (Lipinski definition) is 2. The Morgan fingerprint density at radius 3 is 2.82 bits per heavy atom. The molecule has 90 valence electrons. The molecule has 0 N–H and O–H groups in total. The van der Waals surface area contributed by atoms with Gasteiger partial charge in [-0.15, -0.1) is 0 Å². The van der Waals surface area contributed by atoms with Gasteiger partial charge in [0.05, 0.1) is 10.9 Å². The Morgan fingerprint density at radius 1 is 1.35 bits per heavy atom. The fourth-order valence-electron chi connectivity index (χ4n) is 1.94. The van der Waals surface area contributed by atoms with E-state index in [2.05, 4.69) is 27.8 Å². The molecule has 0 amide bonds. The zero-order valence-corrected chi connectivity index (χ0v) is 11.4. The van der Waals surface area contributed by atoms with Crippen molar-refractivity contribution in [2.24, 2.45) is 0 Å². The van der Waals surface area contributed by atoms with Gasteiger partial charge in [0.2, 0.25) is 0 Å². The SMILES string of the molecule is CCCn1c(CCBr)nc2ccccc2c1=O. The van der Waals surface area contributed by atoms with Crippen LogP contribution in [0.5, 0.6) is 0 Å². The largest absolute Gasteiger partial charge is 0.296 e. The predicted molar refractivity (Wildman–Crippen MR) is 73.8 cm³/mol. The highest BCUT2D eigenvalue weighted by atomic mass is 79.9. The van der Waals surface area contributed by atoms with E-state index in [4.69, 9.17) is 0 Å². The number of para-hydroxylation sites is 1. The lowest BCUT2D eigenvalue weighted by Crippen LogP contribution is -2.25. The molecule has 17 heavy (non-hydrogen) atoms. The molecule has 0 aliphatic rings. The molecule has 0 bridgehead atoms. The topological polar surface area (TPSA) is 34.9 Å². The molecule has 0 fully saturated rings. The molecule has 0 saturated carbocycles. The van der Waals surface area contributed by atoms with E-state index in [1.807, 2.05) is 24.3 Å². The number of benzene rings is 1. The maximum absolute atomic E-state index is 12.3. The molecule has 0 aliphatic carbocycles. The maximum Gasteiger partial charge on any atom is 0.261 e. The van der Waals surface area contributed by atoms with Gasteiger partial charge in [-0.05, 0) is 18.6 Å². The molecule has 0 aliphatic heterocycles. The van der Waals surface area contributed by atoms with E-state index in [0.717, 1.165) is 36.1 Å². The van der Waals surface area contributed by atoms with E-state index in [0.29, 0.717) is 5.39 Å². The highest BCUT2D eigenvalue weighted by molar-refractivity contribution is 9.09. The van der Waals surface area contributed by atoms with Crippen LogP contribution >= 0.6 is 15.9 Å². The van der Waals surface area contributed by atoms with Gasteiger partial charge in [0.1, 0.15) is 5.82 Å². The lowest BCUT2D eigenvalue weighted by Gasteiger charge is -2.11. The molecule has 0 radical (unpaired) electrons. The number of aromatic nitrogens is 2. The van der Waals surface area contributed by atoms with Gasteiger partial charge >= 0.3 is 0 Å². The highest BCUT2D eigenvalue weighted by Crippen LogP contribution is 2.09. The molecule has 4 heteroatoms. The summed E-state index contributed by atoms with van der Waals surface area (Å²) in [6.07, 6.45) is 1.72. The van der Waals surface area contributed by atoms with Gasteiger partial charge < -0.3 is 0 Å². The lowest BCUT2D eigenvalue weighted by molar-refractivity contribution is 0.611. The molecule has 0 unspecified atom stereocenters. The van der Waals surface area contributed by atoms with Crippen LogP contribution in [0.3, 0.4) is 0 Å². The smallest absolute Gasteiger partial charge is 0.261 e.